The molecular formula is C16H21Cl2N3O2. The van der Waals surface area contributed by atoms with Crippen molar-refractivity contribution in [3.05, 3.63) is 41.0 Å². The lowest BCUT2D eigenvalue weighted by Gasteiger charge is -2.17. The van der Waals surface area contributed by atoms with Crippen molar-refractivity contribution in [2.75, 3.05) is 6.54 Å². The Hall–Kier alpha value is -1.56. The number of aromatic nitrogens is 1. The van der Waals surface area contributed by atoms with Crippen LogP contribution in [0.1, 0.15) is 30.8 Å². The fourth-order valence-electron chi connectivity index (χ4n) is 2.20. The molecule has 0 fully saturated rings. The largest absolute Gasteiger partial charge is 0.355 e. The molecule has 1 aromatic carbocycles. The lowest BCUT2D eigenvalue weighted by molar-refractivity contribution is 0.0924. The molecule has 1 aromatic heterocycles. The van der Waals surface area contributed by atoms with Gasteiger partial charge >= 0.3 is 0 Å². The minimum absolute atomic E-state index is 0. The summed E-state index contributed by atoms with van der Waals surface area (Å²) in [6.07, 6.45) is 0.821. The number of halogens is 2. The van der Waals surface area contributed by atoms with Gasteiger partial charge in [0.05, 0.1) is 0 Å². The Labute approximate surface area is 147 Å². The van der Waals surface area contributed by atoms with Gasteiger partial charge in [-0.1, -0.05) is 42.7 Å². The summed E-state index contributed by atoms with van der Waals surface area (Å²) >= 11 is 5.94. The van der Waals surface area contributed by atoms with Crippen molar-refractivity contribution in [1.82, 2.24) is 10.5 Å². The number of rotatable bonds is 6. The average Bonchev–Trinajstić information content (AvgIpc) is 2.96. The van der Waals surface area contributed by atoms with E-state index in [1.807, 2.05) is 12.1 Å². The third-order valence-corrected chi connectivity index (χ3v) is 3.46. The molecule has 0 aliphatic carbocycles. The summed E-state index contributed by atoms with van der Waals surface area (Å²) in [6.45, 7) is 4.56. The zero-order valence-corrected chi connectivity index (χ0v) is 14.7. The lowest BCUT2D eigenvalue weighted by Crippen LogP contribution is -2.41. The van der Waals surface area contributed by atoms with Gasteiger partial charge in [-0.15, -0.1) is 12.4 Å². The number of carbonyl (C=O) groups excluding carboxylic acids is 1. The molecule has 126 valence electrons. The molecule has 1 amide bonds. The first kappa shape index (κ1) is 19.5. The number of nitrogens with two attached hydrogens (primary N) is 1. The maximum atomic E-state index is 12.2. The molecule has 7 heteroatoms. The molecule has 0 saturated heterocycles. The SMILES string of the molecule is CC(C)CC(CN)NC(=O)c1cc(-c2cccc(Cl)c2)on1.Cl. The Morgan fingerprint density at radius 2 is 2.13 bits per heavy atom. The number of hydrogen-bond acceptors (Lipinski definition) is 4. The van der Waals surface area contributed by atoms with Gasteiger partial charge in [-0.2, -0.15) is 0 Å². The zero-order valence-electron chi connectivity index (χ0n) is 13.1. The summed E-state index contributed by atoms with van der Waals surface area (Å²) < 4.78 is 5.22. The van der Waals surface area contributed by atoms with Crippen molar-refractivity contribution in [2.45, 2.75) is 26.3 Å². The van der Waals surface area contributed by atoms with E-state index in [0.29, 0.717) is 23.2 Å². The molecule has 0 aliphatic heterocycles. The molecule has 1 unspecified atom stereocenters. The predicted octanol–water partition coefficient (Wildman–Crippen LogP) is 3.52. The van der Waals surface area contributed by atoms with Crippen LogP contribution in [0.15, 0.2) is 34.9 Å². The van der Waals surface area contributed by atoms with Crippen molar-refractivity contribution in [1.29, 1.82) is 0 Å². The first-order valence-electron chi connectivity index (χ1n) is 7.23. The Bertz CT molecular complexity index is 644. The van der Waals surface area contributed by atoms with E-state index in [1.165, 1.54) is 0 Å². The van der Waals surface area contributed by atoms with Crippen LogP contribution in [0.5, 0.6) is 0 Å². The van der Waals surface area contributed by atoms with Gasteiger partial charge in [-0.3, -0.25) is 4.79 Å². The molecule has 5 nitrogen and oxygen atoms in total. The Morgan fingerprint density at radius 3 is 2.74 bits per heavy atom. The minimum Gasteiger partial charge on any atom is -0.355 e. The van der Waals surface area contributed by atoms with E-state index in [9.17, 15) is 4.79 Å². The van der Waals surface area contributed by atoms with Crippen LogP contribution in [0.25, 0.3) is 11.3 Å². The molecule has 2 aromatic rings. The summed E-state index contributed by atoms with van der Waals surface area (Å²) in [5.74, 6) is 0.669. The number of nitrogens with one attached hydrogen (secondary N) is 1. The number of hydrogen-bond donors (Lipinski definition) is 2. The van der Waals surface area contributed by atoms with Gasteiger partial charge in [0, 0.05) is 29.2 Å². The van der Waals surface area contributed by atoms with Crippen LogP contribution in [-0.2, 0) is 0 Å². The number of nitrogens with zero attached hydrogens (tertiary/aromatic N) is 1. The summed E-state index contributed by atoms with van der Waals surface area (Å²) in [6, 6.07) is 8.71. The molecule has 0 saturated carbocycles. The van der Waals surface area contributed by atoms with Crippen LogP contribution in [0.3, 0.4) is 0 Å². The normalized spacial score (nSPS) is 11.9. The lowest BCUT2D eigenvalue weighted by atomic mass is 10.0. The van der Waals surface area contributed by atoms with Crippen LogP contribution < -0.4 is 11.1 Å². The predicted molar refractivity (Wildman–Crippen MR) is 94.0 cm³/mol. The monoisotopic (exact) mass is 357 g/mol. The molecule has 2 rings (SSSR count). The number of carbonyl (C=O) groups is 1. The summed E-state index contributed by atoms with van der Waals surface area (Å²) in [4.78, 5) is 12.2. The average molecular weight is 358 g/mol. The molecule has 1 heterocycles. The zero-order chi connectivity index (χ0) is 16.1. The quantitative estimate of drug-likeness (QED) is 0.828. The van der Waals surface area contributed by atoms with E-state index in [0.717, 1.165) is 12.0 Å². The Morgan fingerprint density at radius 1 is 1.39 bits per heavy atom. The van der Waals surface area contributed by atoms with Gasteiger partial charge in [-0.25, -0.2) is 0 Å². The minimum atomic E-state index is -0.284. The molecule has 0 spiro atoms. The van der Waals surface area contributed by atoms with Gasteiger partial charge in [0.2, 0.25) is 0 Å². The highest BCUT2D eigenvalue weighted by atomic mass is 35.5. The molecule has 0 radical (unpaired) electrons. The van der Waals surface area contributed by atoms with Crippen LogP contribution >= 0.6 is 24.0 Å². The van der Waals surface area contributed by atoms with Crippen molar-refractivity contribution in [3.63, 3.8) is 0 Å². The van der Waals surface area contributed by atoms with E-state index in [1.54, 1.807) is 18.2 Å². The second-order valence-corrected chi connectivity index (χ2v) is 6.06. The fraction of sp³-hybridized carbons (Fsp3) is 0.375. The maximum absolute atomic E-state index is 12.2. The first-order valence-corrected chi connectivity index (χ1v) is 7.61. The summed E-state index contributed by atoms with van der Waals surface area (Å²) in [5, 5.41) is 7.29. The molecule has 0 aliphatic rings. The third kappa shape index (κ3) is 5.53. The van der Waals surface area contributed by atoms with Crippen molar-refractivity contribution >= 4 is 29.9 Å². The van der Waals surface area contributed by atoms with E-state index < -0.39 is 0 Å². The standard InChI is InChI=1S/C16H20ClN3O2.ClH/c1-10(2)6-13(9-18)19-16(21)14-8-15(22-20-14)11-4-3-5-12(17)7-11;/h3-5,7-8,10,13H,6,9,18H2,1-2H3,(H,19,21);1H. The second kappa shape index (κ2) is 8.91. The van der Waals surface area contributed by atoms with E-state index in [-0.39, 0.29) is 30.0 Å². The number of benzene rings is 1. The van der Waals surface area contributed by atoms with Crippen LogP contribution in [0.4, 0.5) is 0 Å². The van der Waals surface area contributed by atoms with Gasteiger partial charge in [0.15, 0.2) is 11.5 Å². The fourth-order valence-corrected chi connectivity index (χ4v) is 2.39. The first-order chi connectivity index (χ1) is 10.5. The highest BCUT2D eigenvalue weighted by Gasteiger charge is 2.18. The van der Waals surface area contributed by atoms with Crippen molar-refractivity contribution in [2.24, 2.45) is 11.7 Å². The maximum Gasteiger partial charge on any atom is 0.273 e. The molecular weight excluding hydrogens is 337 g/mol. The van der Waals surface area contributed by atoms with E-state index in [2.05, 4.69) is 24.3 Å². The van der Waals surface area contributed by atoms with Gasteiger partial charge in [-0.05, 0) is 24.5 Å². The van der Waals surface area contributed by atoms with E-state index >= 15 is 0 Å². The number of amides is 1. The van der Waals surface area contributed by atoms with Gasteiger partial charge in [0.1, 0.15) is 0 Å². The highest BCUT2D eigenvalue weighted by molar-refractivity contribution is 6.30. The Balaban J connectivity index is 0.00000264. The summed E-state index contributed by atoms with van der Waals surface area (Å²) in [5.41, 5.74) is 6.70. The van der Waals surface area contributed by atoms with Gasteiger partial charge in [0.25, 0.3) is 5.91 Å². The van der Waals surface area contributed by atoms with Crippen LogP contribution in [0, 0.1) is 5.92 Å². The molecule has 3 N–H and O–H groups in total. The van der Waals surface area contributed by atoms with Crippen molar-refractivity contribution in [3.8, 4) is 11.3 Å². The Kier molecular flexibility index (Phi) is 7.55. The molecule has 1 atom stereocenters. The van der Waals surface area contributed by atoms with Crippen LogP contribution in [-0.4, -0.2) is 23.7 Å². The topological polar surface area (TPSA) is 81.1 Å². The highest BCUT2D eigenvalue weighted by Crippen LogP contribution is 2.23. The molecule has 23 heavy (non-hydrogen) atoms. The van der Waals surface area contributed by atoms with Crippen LogP contribution in [0.2, 0.25) is 5.02 Å². The third-order valence-electron chi connectivity index (χ3n) is 3.23. The summed E-state index contributed by atoms with van der Waals surface area (Å²) in [7, 11) is 0. The van der Waals surface area contributed by atoms with Gasteiger partial charge < -0.3 is 15.6 Å². The second-order valence-electron chi connectivity index (χ2n) is 5.62. The smallest absolute Gasteiger partial charge is 0.273 e. The van der Waals surface area contributed by atoms with Crippen molar-refractivity contribution < 1.29 is 9.32 Å². The molecule has 0 bridgehead atoms. The van der Waals surface area contributed by atoms with E-state index in [4.69, 9.17) is 21.9 Å².